The Kier molecular flexibility index (Phi) is 4.85. The van der Waals surface area contributed by atoms with Crippen LogP contribution in [0.2, 0.25) is 0 Å². The van der Waals surface area contributed by atoms with E-state index in [2.05, 4.69) is 10.3 Å². The largest absolute Gasteiger partial charge is 0.354 e. The SMILES string of the molecule is COC(OC)C(C)NC(=O)c1csc(C)n1. The summed E-state index contributed by atoms with van der Waals surface area (Å²) in [6.07, 6.45) is -0.455. The number of aryl methyl sites for hydroxylation is 1. The van der Waals surface area contributed by atoms with Gasteiger partial charge >= 0.3 is 0 Å². The zero-order chi connectivity index (χ0) is 12.1. The molecule has 1 rings (SSSR count). The van der Waals surface area contributed by atoms with E-state index >= 15 is 0 Å². The first-order valence-electron chi connectivity index (χ1n) is 4.87. The second-order valence-electron chi connectivity index (χ2n) is 3.35. The minimum atomic E-state index is -0.455. The Labute approximate surface area is 98.8 Å². The number of methoxy groups -OCH3 is 2. The molecule has 1 N–H and O–H groups in total. The Morgan fingerprint density at radius 1 is 1.50 bits per heavy atom. The number of ether oxygens (including phenoxy) is 2. The maximum atomic E-state index is 11.7. The second kappa shape index (κ2) is 5.93. The van der Waals surface area contributed by atoms with Gasteiger partial charge in [-0.3, -0.25) is 4.79 Å². The average molecular weight is 244 g/mol. The molecule has 1 aromatic heterocycles. The van der Waals surface area contributed by atoms with Gasteiger partial charge in [0.25, 0.3) is 5.91 Å². The Morgan fingerprint density at radius 2 is 2.12 bits per heavy atom. The molecule has 0 bridgehead atoms. The van der Waals surface area contributed by atoms with Crippen molar-refractivity contribution < 1.29 is 14.3 Å². The van der Waals surface area contributed by atoms with E-state index in [9.17, 15) is 4.79 Å². The molecule has 1 heterocycles. The maximum absolute atomic E-state index is 11.7. The first-order chi connectivity index (χ1) is 7.58. The highest BCUT2D eigenvalue weighted by molar-refractivity contribution is 7.09. The zero-order valence-electron chi connectivity index (χ0n) is 9.81. The van der Waals surface area contributed by atoms with E-state index < -0.39 is 6.29 Å². The van der Waals surface area contributed by atoms with Crippen LogP contribution >= 0.6 is 11.3 Å². The highest BCUT2D eigenvalue weighted by Crippen LogP contribution is 2.08. The van der Waals surface area contributed by atoms with Crippen LogP contribution in [0.25, 0.3) is 0 Å². The number of aromatic nitrogens is 1. The van der Waals surface area contributed by atoms with Crippen LogP contribution in [-0.2, 0) is 9.47 Å². The van der Waals surface area contributed by atoms with Crippen molar-refractivity contribution >= 4 is 17.2 Å². The Morgan fingerprint density at radius 3 is 2.56 bits per heavy atom. The van der Waals surface area contributed by atoms with Gasteiger partial charge in [-0.1, -0.05) is 0 Å². The fourth-order valence-corrected chi connectivity index (χ4v) is 1.91. The van der Waals surface area contributed by atoms with Crippen LogP contribution in [0.3, 0.4) is 0 Å². The van der Waals surface area contributed by atoms with E-state index in [1.54, 1.807) is 5.38 Å². The molecule has 16 heavy (non-hydrogen) atoms. The molecular formula is C10H16N2O3S. The minimum absolute atomic E-state index is 0.212. The van der Waals surface area contributed by atoms with Crippen molar-refractivity contribution in [3.05, 3.63) is 16.1 Å². The van der Waals surface area contributed by atoms with Crippen LogP contribution < -0.4 is 5.32 Å². The average Bonchev–Trinajstić information content (AvgIpc) is 2.66. The predicted octanol–water partition coefficient (Wildman–Crippen LogP) is 1.19. The van der Waals surface area contributed by atoms with E-state index in [-0.39, 0.29) is 11.9 Å². The molecule has 0 saturated carbocycles. The molecule has 90 valence electrons. The van der Waals surface area contributed by atoms with Crippen molar-refractivity contribution in [2.24, 2.45) is 0 Å². The van der Waals surface area contributed by atoms with E-state index in [4.69, 9.17) is 9.47 Å². The van der Waals surface area contributed by atoms with Gasteiger partial charge in [-0.25, -0.2) is 4.98 Å². The van der Waals surface area contributed by atoms with E-state index in [0.717, 1.165) is 5.01 Å². The van der Waals surface area contributed by atoms with Crippen molar-refractivity contribution in [1.29, 1.82) is 0 Å². The molecule has 0 aromatic carbocycles. The molecule has 0 aliphatic carbocycles. The van der Waals surface area contributed by atoms with Crippen molar-refractivity contribution in [2.45, 2.75) is 26.2 Å². The lowest BCUT2D eigenvalue weighted by atomic mass is 10.3. The summed E-state index contributed by atoms with van der Waals surface area (Å²) in [6, 6.07) is -0.232. The first kappa shape index (κ1) is 13.1. The van der Waals surface area contributed by atoms with Gasteiger partial charge < -0.3 is 14.8 Å². The molecule has 1 aromatic rings. The molecule has 0 radical (unpaired) electrons. The van der Waals surface area contributed by atoms with Gasteiger partial charge in [-0.15, -0.1) is 11.3 Å². The number of rotatable bonds is 5. The van der Waals surface area contributed by atoms with Crippen molar-refractivity contribution in [3.63, 3.8) is 0 Å². The van der Waals surface area contributed by atoms with Crippen molar-refractivity contribution in [1.82, 2.24) is 10.3 Å². The third kappa shape index (κ3) is 3.26. The van der Waals surface area contributed by atoms with Gasteiger partial charge in [0.05, 0.1) is 11.0 Å². The highest BCUT2D eigenvalue weighted by Gasteiger charge is 2.19. The Balaban J connectivity index is 2.57. The molecule has 6 heteroatoms. The molecule has 1 amide bonds. The number of amides is 1. The summed E-state index contributed by atoms with van der Waals surface area (Å²) in [5, 5.41) is 5.36. The molecule has 1 atom stereocenters. The Hall–Kier alpha value is -0.980. The van der Waals surface area contributed by atoms with E-state index in [0.29, 0.717) is 5.69 Å². The van der Waals surface area contributed by atoms with Gasteiger partial charge in [-0.05, 0) is 13.8 Å². The van der Waals surface area contributed by atoms with E-state index in [1.165, 1.54) is 25.6 Å². The molecule has 5 nitrogen and oxygen atoms in total. The van der Waals surface area contributed by atoms with Crippen molar-refractivity contribution in [2.75, 3.05) is 14.2 Å². The molecule has 0 spiro atoms. The summed E-state index contributed by atoms with van der Waals surface area (Å²) >= 11 is 1.45. The summed E-state index contributed by atoms with van der Waals surface area (Å²) in [5.74, 6) is -0.212. The number of nitrogens with zero attached hydrogens (tertiary/aromatic N) is 1. The Bertz CT molecular complexity index is 350. The third-order valence-electron chi connectivity index (χ3n) is 2.08. The number of hydrogen-bond donors (Lipinski definition) is 1. The summed E-state index contributed by atoms with van der Waals surface area (Å²) in [7, 11) is 3.06. The topological polar surface area (TPSA) is 60.5 Å². The van der Waals surface area contributed by atoms with Gasteiger partial charge in [0.1, 0.15) is 5.69 Å². The molecule has 0 aliphatic heterocycles. The second-order valence-corrected chi connectivity index (χ2v) is 4.42. The quantitative estimate of drug-likeness (QED) is 0.790. The molecule has 0 aliphatic rings. The smallest absolute Gasteiger partial charge is 0.271 e. The normalized spacial score (nSPS) is 12.8. The molecule has 0 fully saturated rings. The van der Waals surface area contributed by atoms with Crippen LogP contribution in [0.15, 0.2) is 5.38 Å². The minimum Gasteiger partial charge on any atom is -0.354 e. The fraction of sp³-hybridized carbons (Fsp3) is 0.600. The molecule has 0 saturated heterocycles. The summed E-state index contributed by atoms with van der Waals surface area (Å²) in [5.41, 5.74) is 0.431. The number of nitrogens with one attached hydrogen (secondary N) is 1. The fourth-order valence-electron chi connectivity index (χ4n) is 1.32. The zero-order valence-corrected chi connectivity index (χ0v) is 10.6. The van der Waals surface area contributed by atoms with Crippen molar-refractivity contribution in [3.8, 4) is 0 Å². The standard InChI is InChI=1S/C10H16N2O3S/c1-6(10(14-3)15-4)11-9(13)8-5-16-7(2)12-8/h5-6,10H,1-4H3,(H,11,13). The van der Waals surface area contributed by atoms with Gasteiger partial charge in [0.2, 0.25) is 0 Å². The van der Waals surface area contributed by atoms with Crippen LogP contribution in [0, 0.1) is 6.92 Å². The lowest BCUT2D eigenvalue weighted by Crippen LogP contribution is -2.43. The lowest BCUT2D eigenvalue weighted by molar-refractivity contribution is -0.117. The number of thiazole rings is 1. The molecular weight excluding hydrogens is 228 g/mol. The number of carbonyl (C=O) groups is 1. The first-order valence-corrected chi connectivity index (χ1v) is 5.75. The van der Waals surface area contributed by atoms with Crippen LogP contribution in [0.4, 0.5) is 0 Å². The number of carbonyl (C=O) groups excluding carboxylic acids is 1. The maximum Gasteiger partial charge on any atom is 0.271 e. The van der Waals surface area contributed by atoms with Crippen LogP contribution in [0.5, 0.6) is 0 Å². The van der Waals surface area contributed by atoms with Gasteiger partial charge in [0, 0.05) is 19.6 Å². The summed E-state index contributed by atoms with van der Waals surface area (Å²) in [4.78, 5) is 15.8. The van der Waals surface area contributed by atoms with Gasteiger partial charge in [-0.2, -0.15) is 0 Å². The lowest BCUT2D eigenvalue weighted by Gasteiger charge is -2.21. The highest BCUT2D eigenvalue weighted by atomic mass is 32.1. The van der Waals surface area contributed by atoms with Crippen LogP contribution in [-0.4, -0.2) is 37.4 Å². The summed E-state index contributed by atoms with van der Waals surface area (Å²) < 4.78 is 10.1. The third-order valence-corrected chi connectivity index (χ3v) is 2.86. The van der Waals surface area contributed by atoms with Gasteiger partial charge in [0.15, 0.2) is 6.29 Å². The monoisotopic (exact) mass is 244 g/mol. The number of hydrogen-bond acceptors (Lipinski definition) is 5. The van der Waals surface area contributed by atoms with Crippen LogP contribution in [0.1, 0.15) is 22.4 Å². The summed E-state index contributed by atoms with van der Waals surface area (Å²) in [6.45, 7) is 3.67. The predicted molar refractivity (Wildman–Crippen MR) is 61.6 cm³/mol. The van der Waals surface area contributed by atoms with E-state index in [1.807, 2.05) is 13.8 Å². The molecule has 1 unspecified atom stereocenters.